The molecule has 132 valence electrons. The summed E-state index contributed by atoms with van der Waals surface area (Å²) in [5, 5.41) is 11.2. The van der Waals surface area contributed by atoms with Crippen LogP contribution in [-0.2, 0) is 17.1 Å². The molecule has 25 heavy (non-hydrogen) atoms. The lowest BCUT2D eigenvalue weighted by molar-refractivity contribution is 0.183. The minimum Gasteiger partial charge on any atom is -0.387 e. The third-order valence-corrected chi connectivity index (χ3v) is 5.38. The van der Waals surface area contributed by atoms with E-state index in [0.29, 0.717) is 11.6 Å². The van der Waals surface area contributed by atoms with Gasteiger partial charge in [0.25, 0.3) is 0 Å². The number of sulfonamides is 1. The first kappa shape index (κ1) is 17.5. The van der Waals surface area contributed by atoms with Gasteiger partial charge in [-0.05, 0) is 24.3 Å². The Bertz CT molecular complexity index is 1030. The molecule has 0 fully saturated rings. The number of nitrogens with one attached hydrogen (secondary N) is 1. The Morgan fingerprint density at radius 3 is 2.60 bits per heavy atom. The highest BCUT2D eigenvalue weighted by atomic mass is 32.2. The minimum absolute atomic E-state index is 0.296. The molecule has 1 unspecified atom stereocenters. The maximum absolute atomic E-state index is 13.2. The van der Waals surface area contributed by atoms with E-state index in [1.807, 2.05) is 35.9 Å². The summed E-state index contributed by atoms with van der Waals surface area (Å²) in [7, 11) is -2.25. The molecule has 5 nitrogen and oxygen atoms in total. The van der Waals surface area contributed by atoms with Gasteiger partial charge in [-0.25, -0.2) is 21.9 Å². The van der Waals surface area contributed by atoms with Gasteiger partial charge in [-0.15, -0.1) is 0 Å². The molecule has 8 heteroatoms. The summed E-state index contributed by atoms with van der Waals surface area (Å²) in [5.41, 5.74) is 1.48. The van der Waals surface area contributed by atoms with Gasteiger partial charge in [-0.3, -0.25) is 0 Å². The van der Waals surface area contributed by atoms with E-state index in [1.165, 1.54) is 0 Å². The number of para-hydroxylation sites is 1. The largest absolute Gasteiger partial charge is 0.387 e. The molecule has 2 aromatic carbocycles. The molecule has 0 aliphatic heterocycles. The van der Waals surface area contributed by atoms with Crippen LogP contribution in [-0.4, -0.2) is 24.6 Å². The van der Waals surface area contributed by atoms with Gasteiger partial charge >= 0.3 is 0 Å². The third-order valence-electron chi connectivity index (χ3n) is 3.95. The summed E-state index contributed by atoms with van der Waals surface area (Å²) in [6, 6.07) is 9.71. The molecule has 0 saturated carbocycles. The van der Waals surface area contributed by atoms with Gasteiger partial charge in [0, 0.05) is 36.3 Å². The maximum Gasteiger partial charge on any atom is 0.240 e. The van der Waals surface area contributed by atoms with Crippen molar-refractivity contribution >= 4 is 20.9 Å². The van der Waals surface area contributed by atoms with Crippen LogP contribution in [0.4, 0.5) is 8.78 Å². The zero-order valence-electron chi connectivity index (χ0n) is 13.3. The highest BCUT2D eigenvalue weighted by molar-refractivity contribution is 7.89. The average Bonchev–Trinajstić information content (AvgIpc) is 2.92. The number of hydrogen-bond donors (Lipinski definition) is 2. The molecule has 0 aliphatic rings. The molecule has 0 amide bonds. The number of nitrogens with zero attached hydrogens (tertiary/aromatic N) is 1. The van der Waals surface area contributed by atoms with Crippen molar-refractivity contribution in [1.82, 2.24) is 9.29 Å². The molecule has 3 aromatic rings. The Kier molecular flexibility index (Phi) is 4.59. The molecule has 0 saturated heterocycles. The van der Waals surface area contributed by atoms with Gasteiger partial charge in [0.2, 0.25) is 10.0 Å². The second-order valence-corrected chi connectivity index (χ2v) is 7.42. The van der Waals surface area contributed by atoms with E-state index in [1.54, 1.807) is 6.20 Å². The van der Waals surface area contributed by atoms with Crippen molar-refractivity contribution in [2.45, 2.75) is 11.0 Å². The van der Waals surface area contributed by atoms with Gasteiger partial charge < -0.3 is 9.67 Å². The van der Waals surface area contributed by atoms with Crippen LogP contribution in [0.15, 0.2) is 53.6 Å². The van der Waals surface area contributed by atoms with E-state index in [4.69, 9.17) is 0 Å². The molecule has 0 bridgehead atoms. The number of rotatable bonds is 5. The quantitative estimate of drug-likeness (QED) is 0.729. The van der Waals surface area contributed by atoms with E-state index in [-0.39, 0.29) is 6.54 Å². The number of aliphatic hydroxyl groups excluding tert-OH is 1. The predicted octanol–water partition coefficient (Wildman–Crippen LogP) is 2.47. The first-order valence-electron chi connectivity index (χ1n) is 7.46. The van der Waals surface area contributed by atoms with Gasteiger partial charge in [-0.1, -0.05) is 18.2 Å². The molecule has 0 spiro atoms. The summed E-state index contributed by atoms with van der Waals surface area (Å²) in [4.78, 5) is -0.406. The molecular weight excluding hydrogens is 350 g/mol. The van der Waals surface area contributed by atoms with Crippen molar-refractivity contribution in [2.75, 3.05) is 6.54 Å². The average molecular weight is 366 g/mol. The van der Waals surface area contributed by atoms with Gasteiger partial charge in [0.15, 0.2) is 11.6 Å². The van der Waals surface area contributed by atoms with Crippen molar-refractivity contribution in [3.8, 4) is 0 Å². The Hall–Kier alpha value is -2.29. The monoisotopic (exact) mass is 366 g/mol. The van der Waals surface area contributed by atoms with Crippen molar-refractivity contribution < 1.29 is 22.3 Å². The van der Waals surface area contributed by atoms with Crippen molar-refractivity contribution in [1.29, 1.82) is 0 Å². The number of aryl methyl sites for hydroxylation is 1. The normalized spacial score (nSPS) is 13.3. The highest BCUT2D eigenvalue weighted by Crippen LogP contribution is 2.26. The number of halogens is 2. The Morgan fingerprint density at radius 2 is 1.88 bits per heavy atom. The highest BCUT2D eigenvalue weighted by Gasteiger charge is 2.20. The summed E-state index contributed by atoms with van der Waals surface area (Å²) in [5.74, 6) is -2.38. The molecule has 1 heterocycles. The van der Waals surface area contributed by atoms with Crippen molar-refractivity contribution in [3.63, 3.8) is 0 Å². The van der Waals surface area contributed by atoms with Crippen LogP contribution in [0, 0.1) is 11.6 Å². The smallest absolute Gasteiger partial charge is 0.240 e. The fourth-order valence-corrected chi connectivity index (χ4v) is 3.71. The van der Waals surface area contributed by atoms with Crippen LogP contribution in [0.25, 0.3) is 10.9 Å². The van der Waals surface area contributed by atoms with Crippen LogP contribution in [0.2, 0.25) is 0 Å². The predicted molar refractivity (Wildman–Crippen MR) is 89.4 cm³/mol. The summed E-state index contributed by atoms with van der Waals surface area (Å²) in [6.45, 7) is -0.296. The third kappa shape index (κ3) is 3.41. The number of hydrogen-bond acceptors (Lipinski definition) is 3. The molecule has 2 N–H and O–H groups in total. The van der Waals surface area contributed by atoms with Crippen molar-refractivity contribution in [2.24, 2.45) is 7.05 Å². The number of aliphatic hydroxyl groups is 1. The fourth-order valence-electron chi connectivity index (χ4n) is 2.66. The molecule has 0 radical (unpaired) electrons. The van der Waals surface area contributed by atoms with Crippen LogP contribution in [0.3, 0.4) is 0 Å². The second kappa shape index (κ2) is 6.55. The van der Waals surface area contributed by atoms with Crippen LogP contribution in [0.1, 0.15) is 11.7 Å². The van der Waals surface area contributed by atoms with E-state index in [2.05, 4.69) is 4.72 Å². The Balaban J connectivity index is 1.81. The van der Waals surface area contributed by atoms with Crippen LogP contribution < -0.4 is 4.72 Å². The molecule has 3 rings (SSSR count). The molecular formula is C17H16F2N2O3S. The second-order valence-electron chi connectivity index (χ2n) is 5.66. The van der Waals surface area contributed by atoms with Crippen LogP contribution in [0.5, 0.6) is 0 Å². The van der Waals surface area contributed by atoms with Crippen LogP contribution >= 0.6 is 0 Å². The molecule has 1 atom stereocenters. The van der Waals surface area contributed by atoms with Crippen molar-refractivity contribution in [3.05, 3.63) is 65.9 Å². The standard InChI is InChI=1S/C17H16F2N2O3S/c1-21-10-13(12-4-2-3-5-16(12)21)17(22)9-20-25(23,24)11-6-7-14(18)15(19)8-11/h2-8,10,17,20,22H,9H2,1H3. The molecule has 0 aliphatic carbocycles. The van der Waals surface area contributed by atoms with E-state index in [9.17, 15) is 22.3 Å². The van der Waals surface area contributed by atoms with Gasteiger partial charge in [0.05, 0.1) is 11.0 Å². The summed E-state index contributed by atoms with van der Waals surface area (Å²) < 4.78 is 54.6. The Morgan fingerprint density at radius 1 is 1.16 bits per heavy atom. The summed E-state index contributed by atoms with van der Waals surface area (Å²) in [6.07, 6.45) is 0.632. The zero-order chi connectivity index (χ0) is 18.2. The number of fused-ring (bicyclic) bond motifs is 1. The number of aromatic nitrogens is 1. The van der Waals surface area contributed by atoms with Gasteiger partial charge in [-0.2, -0.15) is 0 Å². The maximum atomic E-state index is 13.2. The molecule has 1 aromatic heterocycles. The SMILES string of the molecule is Cn1cc(C(O)CNS(=O)(=O)c2ccc(F)c(F)c2)c2ccccc21. The first-order chi connectivity index (χ1) is 11.8. The lowest BCUT2D eigenvalue weighted by atomic mass is 10.1. The zero-order valence-corrected chi connectivity index (χ0v) is 14.1. The Labute approximate surface area is 143 Å². The lowest BCUT2D eigenvalue weighted by Crippen LogP contribution is -2.28. The van der Waals surface area contributed by atoms with E-state index in [0.717, 1.165) is 23.0 Å². The van der Waals surface area contributed by atoms with Gasteiger partial charge in [0.1, 0.15) is 0 Å². The first-order valence-corrected chi connectivity index (χ1v) is 8.94. The minimum atomic E-state index is -4.07. The van der Waals surface area contributed by atoms with E-state index < -0.39 is 32.7 Å². The summed E-state index contributed by atoms with van der Waals surface area (Å²) >= 11 is 0. The van der Waals surface area contributed by atoms with E-state index >= 15 is 0 Å². The lowest BCUT2D eigenvalue weighted by Gasteiger charge is -2.12. The fraction of sp³-hybridized carbons (Fsp3) is 0.176. The number of benzene rings is 2. The topological polar surface area (TPSA) is 71.3 Å².